The molecule has 0 radical (unpaired) electrons. The quantitative estimate of drug-likeness (QED) is 0.617. The summed E-state index contributed by atoms with van der Waals surface area (Å²) in [6.45, 7) is 3.91. The molecule has 0 saturated heterocycles. The number of anilines is 1. The summed E-state index contributed by atoms with van der Waals surface area (Å²) in [5.41, 5.74) is 0.121. The lowest BCUT2D eigenvalue weighted by molar-refractivity contribution is -0.124. The second kappa shape index (κ2) is 10.2. The van der Waals surface area contributed by atoms with E-state index in [-0.39, 0.29) is 28.7 Å². The van der Waals surface area contributed by atoms with Gasteiger partial charge in [-0.15, -0.1) is 0 Å². The molecule has 0 atom stereocenters. The Kier molecular flexibility index (Phi) is 7.64. The number of hydrogen-bond acceptors (Lipinski definition) is 7. The van der Waals surface area contributed by atoms with Crippen LogP contribution in [0.15, 0.2) is 34.9 Å². The number of amides is 2. The van der Waals surface area contributed by atoms with Crippen LogP contribution in [0.2, 0.25) is 0 Å². The van der Waals surface area contributed by atoms with Crippen molar-refractivity contribution in [3.63, 3.8) is 0 Å². The van der Waals surface area contributed by atoms with Crippen LogP contribution in [0, 0.1) is 5.92 Å². The molecule has 0 fully saturated rings. The highest BCUT2D eigenvalue weighted by Gasteiger charge is 2.21. The predicted octanol–water partition coefficient (Wildman–Crippen LogP) is 2.48. The van der Waals surface area contributed by atoms with E-state index in [1.54, 1.807) is 6.07 Å². The van der Waals surface area contributed by atoms with Crippen molar-refractivity contribution in [3.05, 3.63) is 41.9 Å². The summed E-state index contributed by atoms with van der Waals surface area (Å²) in [7, 11) is 2.83. The molecule has 1 heterocycles. The molecule has 1 aromatic heterocycles. The summed E-state index contributed by atoms with van der Waals surface area (Å²) in [4.78, 5) is 36.7. The summed E-state index contributed by atoms with van der Waals surface area (Å²) in [5.74, 6) is -0.899. The van der Waals surface area contributed by atoms with Crippen LogP contribution in [0.3, 0.4) is 0 Å². The monoisotopic (exact) mass is 404 g/mol. The number of benzene rings is 1. The van der Waals surface area contributed by atoms with Crippen LogP contribution in [-0.2, 0) is 9.53 Å². The molecule has 0 aliphatic heterocycles. The van der Waals surface area contributed by atoms with Crippen molar-refractivity contribution < 1.29 is 33.0 Å². The van der Waals surface area contributed by atoms with Crippen molar-refractivity contribution in [1.82, 2.24) is 5.32 Å². The summed E-state index contributed by atoms with van der Waals surface area (Å²) >= 11 is 0. The molecule has 0 aliphatic carbocycles. The summed E-state index contributed by atoms with van der Waals surface area (Å²) in [6, 6.07) is 5.83. The third-order valence-corrected chi connectivity index (χ3v) is 3.78. The predicted molar refractivity (Wildman–Crippen MR) is 104 cm³/mol. The molecule has 0 bridgehead atoms. The SMILES string of the molecule is COc1cc(NC(=O)c2ccco2)c(C(=O)OCC(=O)NCC(C)C)cc1OC. The minimum Gasteiger partial charge on any atom is -0.493 e. The van der Waals surface area contributed by atoms with Gasteiger partial charge in [0.05, 0.1) is 31.7 Å². The van der Waals surface area contributed by atoms with Crippen LogP contribution < -0.4 is 20.1 Å². The number of rotatable bonds is 9. The van der Waals surface area contributed by atoms with E-state index in [0.717, 1.165) is 0 Å². The number of hydrogen-bond donors (Lipinski definition) is 2. The van der Waals surface area contributed by atoms with Gasteiger partial charge in [-0.05, 0) is 18.1 Å². The maximum Gasteiger partial charge on any atom is 0.340 e. The van der Waals surface area contributed by atoms with Gasteiger partial charge in [-0.1, -0.05) is 13.8 Å². The van der Waals surface area contributed by atoms with E-state index in [4.69, 9.17) is 18.6 Å². The Bertz CT molecular complexity index is 860. The number of esters is 1. The molecule has 2 amide bonds. The lowest BCUT2D eigenvalue weighted by Crippen LogP contribution is -2.31. The Morgan fingerprint density at radius 3 is 2.38 bits per heavy atom. The molecule has 1 aromatic carbocycles. The molecule has 29 heavy (non-hydrogen) atoms. The lowest BCUT2D eigenvalue weighted by Gasteiger charge is -2.15. The van der Waals surface area contributed by atoms with Crippen LogP contribution >= 0.6 is 0 Å². The Labute approximate surface area is 168 Å². The van der Waals surface area contributed by atoms with Gasteiger partial charge in [-0.3, -0.25) is 9.59 Å². The molecule has 0 spiro atoms. The van der Waals surface area contributed by atoms with Crippen molar-refractivity contribution in [2.45, 2.75) is 13.8 Å². The fraction of sp³-hybridized carbons (Fsp3) is 0.350. The molecule has 2 rings (SSSR count). The summed E-state index contributed by atoms with van der Waals surface area (Å²) in [5, 5.41) is 5.23. The van der Waals surface area contributed by atoms with E-state index in [1.807, 2.05) is 13.8 Å². The average Bonchev–Trinajstić information content (AvgIpc) is 3.25. The van der Waals surface area contributed by atoms with E-state index in [1.165, 1.54) is 38.7 Å². The van der Waals surface area contributed by atoms with E-state index in [9.17, 15) is 14.4 Å². The third kappa shape index (κ3) is 6.00. The fourth-order valence-electron chi connectivity index (χ4n) is 2.32. The number of carbonyl (C=O) groups excluding carboxylic acids is 3. The normalized spacial score (nSPS) is 10.4. The van der Waals surface area contributed by atoms with E-state index in [2.05, 4.69) is 10.6 Å². The van der Waals surface area contributed by atoms with Crippen molar-refractivity contribution >= 4 is 23.5 Å². The Balaban J connectivity index is 2.22. The molecule has 2 N–H and O–H groups in total. The first-order chi connectivity index (χ1) is 13.8. The smallest absolute Gasteiger partial charge is 0.340 e. The fourth-order valence-corrected chi connectivity index (χ4v) is 2.32. The van der Waals surface area contributed by atoms with Crippen LogP contribution in [-0.4, -0.2) is 45.2 Å². The first-order valence-electron chi connectivity index (χ1n) is 8.90. The molecule has 0 aliphatic rings. The number of ether oxygens (including phenoxy) is 3. The van der Waals surface area contributed by atoms with Gasteiger partial charge in [0.25, 0.3) is 11.8 Å². The second-order valence-electron chi connectivity index (χ2n) is 6.46. The van der Waals surface area contributed by atoms with Crippen molar-refractivity contribution in [1.29, 1.82) is 0 Å². The Morgan fingerprint density at radius 1 is 1.10 bits per heavy atom. The van der Waals surface area contributed by atoms with Gasteiger partial charge < -0.3 is 29.3 Å². The van der Waals surface area contributed by atoms with Gasteiger partial charge in [0, 0.05) is 18.7 Å². The summed E-state index contributed by atoms with van der Waals surface area (Å²) < 4.78 is 20.6. The van der Waals surface area contributed by atoms with Crippen LogP contribution in [0.1, 0.15) is 34.8 Å². The standard InChI is InChI=1S/C20H24N2O7/c1-12(2)10-21-18(23)11-29-20(25)13-8-16(26-3)17(27-4)9-14(13)22-19(24)15-6-5-7-28-15/h5-9,12H,10-11H2,1-4H3,(H,21,23)(H,22,24). The first kappa shape index (κ1) is 21.8. The van der Waals surface area contributed by atoms with Gasteiger partial charge in [-0.25, -0.2) is 4.79 Å². The largest absolute Gasteiger partial charge is 0.493 e. The van der Waals surface area contributed by atoms with Crippen molar-refractivity contribution in [2.75, 3.05) is 32.7 Å². The van der Waals surface area contributed by atoms with Crippen LogP contribution in [0.4, 0.5) is 5.69 Å². The van der Waals surface area contributed by atoms with E-state index in [0.29, 0.717) is 12.3 Å². The topological polar surface area (TPSA) is 116 Å². The van der Waals surface area contributed by atoms with Crippen LogP contribution in [0.5, 0.6) is 11.5 Å². The highest BCUT2D eigenvalue weighted by atomic mass is 16.5. The number of furan rings is 1. The van der Waals surface area contributed by atoms with E-state index >= 15 is 0 Å². The maximum atomic E-state index is 12.6. The molecular formula is C20H24N2O7. The zero-order valence-electron chi connectivity index (χ0n) is 16.7. The molecule has 156 valence electrons. The van der Waals surface area contributed by atoms with E-state index < -0.39 is 24.4 Å². The molecule has 0 saturated carbocycles. The minimum absolute atomic E-state index is 0.000726. The van der Waals surface area contributed by atoms with Gasteiger partial charge in [0.2, 0.25) is 0 Å². The zero-order valence-corrected chi connectivity index (χ0v) is 16.7. The molecule has 2 aromatic rings. The molecular weight excluding hydrogens is 380 g/mol. The second-order valence-corrected chi connectivity index (χ2v) is 6.46. The number of methoxy groups -OCH3 is 2. The summed E-state index contributed by atoms with van der Waals surface area (Å²) in [6.07, 6.45) is 1.36. The lowest BCUT2D eigenvalue weighted by atomic mass is 10.1. The van der Waals surface area contributed by atoms with Gasteiger partial charge in [0.1, 0.15) is 0 Å². The third-order valence-electron chi connectivity index (χ3n) is 3.78. The van der Waals surface area contributed by atoms with Crippen molar-refractivity contribution in [2.24, 2.45) is 5.92 Å². The highest BCUT2D eigenvalue weighted by Crippen LogP contribution is 2.34. The molecule has 0 unspecified atom stereocenters. The molecule has 9 heteroatoms. The van der Waals surface area contributed by atoms with Gasteiger partial charge in [-0.2, -0.15) is 0 Å². The Hall–Kier alpha value is -3.49. The Morgan fingerprint density at radius 2 is 1.79 bits per heavy atom. The van der Waals surface area contributed by atoms with Gasteiger partial charge in [0.15, 0.2) is 23.9 Å². The number of nitrogens with one attached hydrogen (secondary N) is 2. The zero-order chi connectivity index (χ0) is 21.4. The van der Waals surface area contributed by atoms with Crippen molar-refractivity contribution in [3.8, 4) is 11.5 Å². The first-order valence-corrected chi connectivity index (χ1v) is 8.90. The average molecular weight is 404 g/mol. The minimum atomic E-state index is -0.805. The number of carbonyl (C=O) groups is 3. The van der Waals surface area contributed by atoms with Gasteiger partial charge >= 0.3 is 5.97 Å². The molecule has 9 nitrogen and oxygen atoms in total. The highest BCUT2D eigenvalue weighted by molar-refractivity contribution is 6.07. The van der Waals surface area contributed by atoms with Crippen LogP contribution in [0.25, 0.3) is 0 Å². The maximum absolute atomic E-state index is 12.6.